The quantitative estimate of drug-likeness (QED) is 0.752. The molecule has 31 heavy (non-hydrogen) atoms. The molecule has 2 fully saturated rings. The van der Waals surface area contributed by atoms with Crippen LogP contribution >= 0.6 is 0 Å². The van der Waals surface area contributed by atoms with E-state index in [9.17, 15) is 14.7 Å². The lowest BCUT2D eigenvalue weighted by molar-refractivity contribution is -0.108. The van der Waals surface area contributed by atoms with Gasteiger partial charge in [0.25, 0.3) is 5.56 Å². The maximum atomic E-state index is 13.0. The van der Waals surface area contributed by atoms with Gasteiger partial charge in [-0.15, -0.1) is 0 Å². The van der Waals surface area contributed by atoms with E-state index in [0.29, 0.717) is 18.9 Å². The minimum Gasteiger partial charge on any atom is -0.442 e. The fourth-order valence-corrected chi connectivity index (χ4v) is 4.80. The summed E-state index contributed by atoms with van der Waals surface area (Å²) in [6, 6.07) is 11.4. The summed E-state index contributed by atoms with van der Waals surface area (Å²) in [4.78, 5) is 26.7. The molecule has 166 valence electrons. The van der Waals surface area contributed by atoms with Gasteiger partial charge in [0.15, 0.2) is 0 Å². The normalized spacial score (nSPS) is 22.9. The number of rotatable bonds is 6. The molecule has 1 aromatic carbocycles. The van der Waals surface area contributed by atoms with Crippen molar-refractivity contribution in [2.24, 2.45) is 13.0 Å². The third kappa shape index (κ3) is 4.54. The van der Waals surface area contributed by atoms with Gasteiger partial charge in [-0.2, -0.15) is 0 Å². The summed E-state index contributed by atoms with van der Waals surface area (Å²) >= 11 is 0. The molecular weight excluding hydrogens is 392 g/mol. The zero-order valence-corrected chi connectivity index (χ0v) is 18.8. The van der Waals surface area contributed by atoms with Crippen LogP contribution < -0.4 is 5.56 Å². The Hall–Kier alpha value is -2.60. The Morgan fingerprint density at radius 2 is 1.84 bits per heavy atom. The van der Waals surface area contributed by atoms with Crippen LogP contribution in [0.3, 0.4) is 0 Å². The van der Waals surface area contributed by atoms with E-state index in [2.05, 4.69) is 0 Å². The summed E-state index contributed by atoms with van der Waals surface area (Å²) in [5, 5.41) is 10.4. The Morgan fingerprint density at radius 3 is 2.39 bits per heavy atom. The van der Waals surface area contributed by atoms with Gasteiger partial charge in [0, 0.05) is 38.7 Å². The van der Waals surface area contributed by atoms with Crippen molar-refractivity contribution in [2.45, 2.75) is 63.7 Å². The Labute approximate surface area is 183 Å². The van der Waals surface area contributed by atoms with Crippen molar-refractivity contribution in [1.29, 1.82) is 0 Å². The van der Waals surface area contributed by atoms with Crippen molar-refractivity contribution in [2.75, 3.05) is 6.54 Å². The van der Waals surface area contributed by atoms with Crippen LogP contribution in [0.15, 0.2) is 47.4 Å². The van der Waals surface area contributed by atoms with Gasteiger partial charge in [-0.1, -0.05) is 24.3 Å². The summed E-state index contributed by atoms with van der Waals surface area (Å²) in [6.07, 6.45) is 4.79. The predicted molar refractivity (Wildman–Crippen MR) is 120 cm³/mol. The highest BCUT2D eigenvalue weighted by Gasteiger charge is 2.53. The molecule has 1 aromatic heterocycles. The molecule has 2 unspecified atom stereocenters. The van der Waals surface area contributed by atoms with Crippen molar-refractivity contribution in [1.82, 2.24) is 9.47 Å². The number of nitrogens with zero attached hydrogens (tertiary/aromatic N) is 2. The van der Waals surface area contributed by atoms with Crippen LogP contribution in [0.4, 0.5) is 4.79 Å². The molecule has 2 aliphatic rings. The van der Waals surface area contributed by atoms with Gasteiger partial charge in [0.05, 0.1) is 11.6 Å². The largest absolute Gasteiger partial charge is 0.442 e. The Kier molecular flexibility index (Phi) is 5.46. The van der Waals surface area contributed by atoms with Gasteiger partial charge < -0.3 is 19.3 Å². The number of benzene rings is 1. The lowest BCUT2D eigenvalue weighted by atomic mass is 9.81. The average Bonchev–Trinajstić information content (AvgIpc) is 3.54. The van der Waals surface area contributed by atoms with E-state index in [1.807, 2.05) is 37.3 Å². The fourth-order valence-electron chi connectivity index (χ4n) is 4.80. The number of cyclic esters (lactones) is 1. The molecule has 1 N–H and O–H groups in total. The van der Waals surface area contributed by atoms with Gasteiger partial charge in [0.1, 0.15) is 5.60 Å². The summed E-state index contributed by atoms with van der Waals surface area (Å²) in [7, 11) is 1.73. The van der Waals surface area contributed by atoms with Crippen molar-refractivity contribution in [3.63, 3.8) is 0 Å². The van der Waals surface area contributed by atoms with Gasteiger partial charge in [-0.05, 0) is 62.3 Å². The van der Waals surface area contributed by atoms with E-state index in [4.69, 9.17) is 4.74 Å². The monoisotopic (exact) mass is 424 g/mol. The molecule has 2 heterocycles. The zero-order chi connectivity index (χ0) is 22.4. The Balaban J connectivity index is 1.48. The SMILES string of the molecule is CC(c1ccc(-c2ccn(C)c(=O)c2)cc1)N1CCC(CC(C)(C)O)(C2CC2)OC1=O. The molecule has 2 aromatic rings. The van der Waals surface area contributed by atoms with E-state index >= 15 is 0 Å². The van der Waals surface area contributed by atoms with Crippen LogP contribution in [0.5, 0.6) is 0 Å². The molecule has 6 heteroatoms. The number of hydrogen-bond donors (Lipinski definition) is 1. The highest BCUT2D eigenvalue weighted by molar-refractivity contribution is 5.70. The highest BCUT2D eigenvalue weighted by atomic mass is 16.6. The van der Waals surface area contributed by atoms with Crippen LogP contribution in [-0.4, -0.2) is 38.4 Å². The summed E-state index contributed by atoms with van der Waals surface area (Å²) in [5.41, 5.74) is 1.40. The van der Waals surface area contributed by atoms with Crippen LogP contribution in [0, 0.1) is 5.92 Å². The zero-order valence-electron chi connectivity index (χ0n) is 18.8. The van der Waals surface area contributed by atoms with Gasteiger partial charge in [-0.3, -0.25) is 4.79 Å². The van der Waals surface area contributed by atoms with Gasteiger partial charge >= 0.3 is 6.09 Å². The molecule has 1 aliphatic carbocycles. The second-order valence-electron chi connectivity index (χ2n) is 9.80. The van der Waals surface area contributed by atoms with E-state index in [1.165, 1.54) is 0 Å². The fraction of sp³-hybridized carbons (Fsp3) is 0.520. The van der Waals surface area contributed by atoms with E-state index in [0.717, 1.165) is 36.0 Å². The Bertz CT molecular complexity index is 1020. The summed E-state index contributed by atoms with van der Waals surface area (Å²) in [6.45, 7) is 6.19. The molecular formula is C25H32N2O4. The van der Waals surface area contributed by atoms with E-state index in [-0.39, 0.29) is 17.7 Å². The van der Waals surface area contributed by atoms with Crippen molar-refractivity contribution in [3.05, 3.63) is 58.5 Å². The summed E-state index contributed by atoms with van der Waals surface area (Å²) < 4.78 is 7.58. The molecule has 1 saturated heterocycles. The van der Waals surface area contributed by atoms with Crippen LogP contribution in [-0.2, 0) is 11.8 Å². The number of aliphatic hydroxyl groups is 1. The standard InChI is InChI=1S/C25H32N2O4/c1-17(18-5-7-19(8-6-18)20-11-13-26(4)22(28)15-20)27-14-12-25(21-9-10-21,31-23(27)29)16-24(2,3)30/h5-8,11,13,15,17,21,30H,9-10,12,14,16H2,1-4H3. The van der Waals surface area contributed by atoms with Crippen LogP contribution in [0.1, 0.15) is 58.1 Å². The molecule has 1 aliphatic heterocycles. The second kappa shape index (κ2) is 7.83. The maximum Gasteiger partial charge on any atom is 0.410 e. The van der Waals surface area contributed by atoms with Crippen LogP contribution in [0.25, 0.3) is 11.1 Å². The molecule has 1 saturated carbocycles. The number of carbonyl (C=O) groups excluding carboxylic acids is 1. The molecule has 6 nitrogen and oxygen atoms in total. The first-order valence-corrected chi connectivity index (χ1v) is 11.1. The first kappa shape index (κ1) is 21.6. The number of aryl methyl sites for hydroxylation is 1. The number of carbonyl (C=O) groups is 1. The topological polar surface area (TPSA) is 71.8 Å². The molecule has 4 rings (SSSR count). The molecule has 1 amide bonds. The minimum atomic E-state index is -0.870. The second-order valence-corrected chi connectivity index (χ2v) is 9.80. The predicted octanol–water partition coefficient (Wildman–Crippen LogP) is 4.27. The van der Waals surface area contributed by atoms with E-state index < -0.39 is 11.2 Å². The van der Waals surface area contributed by atoms with Crippen molar-refractivity contribution < 1.29 is 14.6 Å². The lowest BCUT2D eigenvalue weighted by Gasteiger charge is -2.45. The van der Waals surface area contributed by atoms with Gasteiger partial charge in [-0.25, -0.2) is 4.79 Å². The number of ether oxygens (including phenoxy) is 1. The molecule has 0 spiro atoms. The average molecular weight is 425 g/mol. The third-order valence-corrected chi connectivity index (χ3v) is 6.65. The van der Waals surface area contributed by atoms with Crippen LogP contribution in [0.2, 0.25) is 0 Å². The molecule has 0 bridgehead atoms. The highest BCUT2D eigenvalue weighted by Crippen LogP contribution is 2.50. The summed E-state index contributed by atoms with van der Waals surface area (Å²) in [5.74, 6) is 0.359. The van der Waals surface area contributed by atoms with E-state index in [1.54, 1.807) is 42.6 Å². The Morgan fingerprint density at radius 1 is 1.16 bits per heavy atom. The smallest absolute Gasteiger partial charge is 0.410 e. The lowest BCUT2D eigenvalue weighted by Crippen LogP contribution is -2.54. The number of pyridine rings is 1. The number of amides is 1. The first-order valence-electron chi connectivity index (χ1n) is 11.1. The number of aromatic nitrogens is 1. The molecule has 0 radical (unpaired) electrons. The number of hydrogen-bond acceptors (Lipinski definition) is 4. The molecule has 2 atom stereocenters. The minimum absolute atomic E-state index is 0.0452. The van der Waals surface area contributed by atoms with Crippen molar-refractivity contribution >= 4 is 6.09 Å². The first-order chi connectivity index (χ1) is 14.6. The third-order valence-electron chi connectivity index (χ3n) is 6.65. The van der Waals surface area contributed by atoms with Gasteiger partial charge in [0.2, 0.25) is 0 Å². The van der Waals surface area contributed by atoms with Crippen molar-refractivity contribution in [3.8, 4) is 11.1 Å². The maximum absolute atomic E-state index is 13.0.